The molecule has 0 aliphatic heterocycles. The van der Waals surface area contributed by atoms with Crippen LogP contribution in [0.5, 0.6) is 0 Å². The second-order valence-corrected chi connectivity index (χ2v) is 5.04. The van der Waals surface area contributed by atoms with E-state index in [1.807, 2.05) is 0 Å². The van der Waals surface area contributed by atoms with Crippen LogP contribution in [0.4, 0.5) is 11.6 Å². The number of nitrogens with zero attached hydrogens (tertiary/aromatic N) is 4. The van der Waals surface area contributed by atoms with Crippen molar-refractivity contribution < 1.29 is 4.92 Å². The van der Waals surface area contributed by atoms with Gasteiger partial charge in [0.25, 0.3) is 0 Å². The predicted octanol–water partition coefficient (Wildman–Crippen LogP) is 1.71. The van der Waals surface area contributed by atoms with Gasteiger partial charge in [0.15, 0.2) is 5.03 Å². The van der Waals surface area contributed by atoms with Crippen molar-refractivity contribution >= 4 is 23.4 Å². The number of anilines is 1. The molecule has 0 amide bonds. The Bertz CT molecular complexity index is 451. The zero-order valence-corrected chi connectivity index (χ0v) is 12.2. The van der Waals surface area contributed by atoms with Crippen LogP contribution in [-0.2, 0) is 0 Å². The molecule has 1 heterocycles. The third kappa shape index (κ3) is 4.32. The Labute approximate surface area is 116 Å². The van der Waals surface area contributed by atoms with Gasteiger partial charge in [-0.15, -0.1) is 0 Å². The van der Waals surface area contributed by atoms with Crippen molar-refractivity contribution in [2.45, 2.75) is 25.8 Å². The van der Waals surface area contributed by atoms with E-state index in [1.165, 1.54) is 11.8 Å². The molecule has 2 N–H and O–H groups in total. The Morgan fingerprint density at radius 2 is 2.00 bits per heavy atom. The van der Waals surface area contributed by atoms with Gasteiger partial charge in [0.1, 0.15) is 5.69 Å². The number of thioether (sulfide) groups is 1. The molecule has 1 rings (SSSR count). The van der Waals surface area contributed by atoms with E-state index in [2.05, 4.69) is 28.7 Å². The van der Waals surface area contributed by atoms with Crippen LogP contribution in [0.2, 0.25) is 0 Å². The zero-order valence-electron chi connectivity index (χ0n) is 11.4. The van der Waals surface area contributed by atoms with E-state index >= 15 is 0 Å². The Morgan fingerprint density at radius 1 is 1.37 bits per heavy atom. The molecule has 0 spiro atoms. The van der Waals surface area contributed by atoms with Crippen LogP contribution in [-0.4, -0.2) is 45.2 Å². The van der Waals surface area contributed by atoms with Gasteiger partial charge < -0.3 is 10.6 Å². The maximum Gasteiger partial charge on any atom is 0.322 e. The van der Waals surface area contributed by atoms with Crippen molar-refractivity contribution in [2.24, 2.45) is 0 Å². The van der Waals surface area contributed by atoms with E-state index < -0.39 is 4.92 Å². The summed E-state index contributed by atoms with van der Waals surface area (Å²) in [5.74, 6) is 0.812. The number of aryl methyl sites for hydroxylation is 1. The topological polar surface area (TPSA) is 98.2 Å². The predicted molar refractivity (Wildman–Crippen MR) is 76.3 cm³/mol. The van der Waals surface area contributed by atoms with E-state index in [1.54, 1.807) is 6.92 Å². The molecule has 0 bridgehead atoms. The highest BCUT2D eigenvalue weighted by Crippen LogP contribution is 2.29. The van der Waals surface area contributed by atoms with Crippen LogP contribution in [0, 0.1) is 17.0 Å². The number of nitrogen functional groups attached to an aromatic ring is 1. The molecule has 0 fully saturated rings. The van der Waals surface area contributed by atoms with Gasteiger partial charge in [0.2, 0.25) is 5.95 Å². The smallest absolute Gasteiger partial charge is 0.322 e. The molecule has 7 nitrogen and oxygen atoms in total. The molecule has 1 aromatic rings. The third-order valence-electron chi connectivity index (χ3n) is 2.77. The summed E-state index contributed by atoms with van der Waals surface area (Å²) >= 11 is 1.35. The van der Waals surface area contributed by atoms with Gasteiger partial charge in [-0.3, -0.25) is 10.1 Å². The highest BCUT2D eigenvalue weighted by Gasteiger charge is 2.21. The van der Waals surface area contributed by atoms with Crippen LogP contribution in [0.15, 0.2) is 5.03 Å². The van der Waals surface area contributed by atoms with E-state index in [0.717, 1.165) is 25.4 Å². The second-order valence-electron chi connectivity index (χ2n) is 3.95. The fourth-order valence-corrected chi connectivity index (χ4v) is 2.74. The van der Waals surface area contributed by atoms with Crippen LogP contribution < -0.4 is 5.73 Å². The number of nitrogens with two attached hydrogens (primary N) is 1. The van der Waals surface area contributed by atoms with Gasteiger partial charge in [0.05, 0.1) is 4.92 Å². The summed E-state index contributed by atoms with van der Waals surface area (Å²) < 4.78 is 0. The minimum absolute atomic E-state index is 0.0428. The van der Waals surface area contributed by atoms with Gasteiger partial charge in [-0.2, -0.15) is 4.98 Å². The summed E-state index contributed by atoms with van der Waals surface area (Å²) in [5, 5.41) is 11.4. The number of nitro groups is 1. The Balaban J connectivity index is 2.80. The fourth-order valence-electron chi connectivity index (χ4n) is 1.68. The summed E-state index contributed by atoms with van der Waals surface area (Å²) in [7, 11) is 0. The van der Waals surface area contributed by atoms with Gasteiger partial charge in [-0.1, -0.05) is 25.6 Å². The molecule has 0 radical (unpaired) electrons. The molecule has 0 aromatic carbocycles. The zero-order chi connectivity index (χ0) is 14.4. The van der Waals surface area contributed by atoms with Crippen molar-refractivity contribution in [2.75, 3.05) is 31.1 Å². The molecule has 0 saturated carbocycles. The number of hydrogen-bond donors (Lipinski definition) is 1. The van der Waals surface area contributed by atoms with E-state index in [4.69, 9.17) is 5.73 Å². The Hall–Kier alpha value is -1.41. The first-order valence-corrected chi connectivity index (χ1v) is 7.11. The average Bonchev–Trinajstić information content (AvgIpc) is 2.33. The molecule has 106 valence electrons. The van der Waals surface area contributed by atoms with Crippen LogP contribution >= 0.6 is 11.8 Å². The van der Waals surface area contributed by atoms with Gasteiger partial charge in [-0.25, -0.2) is 4.98 Å². The number of rotatable bonds is 7. The summed E-state index contributed by atoms with van der Waals surface area (Å²) in [6.07, 6.45) is 0. The monoisotopic (exact) mass is 285 g/mol. The normalized spacial score (nSPS) is 10.9. The number of aromatic nitrogens is 2. The maximum absolute atomic E-state index is 11.0. The van der Waals surface area contributed by atoms with Crippen molar-refractivity contribution in [3.05, 3.63) is 15.8 Å². The summed E-state index contributed by atoms with van der Waals surface area (Å²) in [5.41, 5.74) is 5.81. The van der Waals surface area contributed by atoms with Gasteiger partial charge >= 0.3 is 5.69 Å². The lowest BCUT2D eigenvalue weighted by atomic mass is 10.4. The lowest BCUT2D eigenvalue weighted by Crippen LogP contribution is -2.25. The van der Waals surface area contributed by atoms with Crippen LogP contribution in [0.25, 0.3) is 0 Å². The van der Waals surface area contributed by atoms with Crippen LogP contribution in [0.1, 0.15) is 19.5 Å². The maximum atomic E-state index is 11.0. The minimum Gasteiger partial charge on any atom is -0.368 e. The fraction of sp³-hybridized carbons (Fsp3) is 0.636. The lowest BCUT2D eigenvalue weighted by molar-refractivity contribution is -0.389. The molecule has 0 aliphatic rings. The van der Waals surface area contributed by atoms with Crippen molar-refractivity contribution in [3.63, 3.8) is 0 Å². The van der Waals surface area contributed by atoms with Crippen molar-refractivity contribution in [1.29, 1.82) is 0 Å². The molecule has 8 heteroatoms. The van der Waals surface area contributed by atoms with E-state index in [9.17, 15) is 10.1 Å². The molecule has 0 atom stereocenters. The first-order chi connectivity index (χ1) is 8.99. The molecule has 0 unspecified atom stereocenters. The summed E-state index contributed by atoms with van der Waals surface area (Å²) in [6.45, 7) is 8.53. The molecule has 0 aliphatic carbocycles. The molecule has 0 saturated heterocycles. The molecule has 19 heavy (non-hydrogen) atoms. The first-order valence-electron chi connectivity index (χ1n) is 6.13. The summed E-state index contributed by atoms with van der Waals surface area (Å²) in [4.78, 5) is 20.6. The third-order valence-corrected chi connectivity index (χ3v) is 3.71. The highest BCUT2D eigenvalue weighted by molar-refractivity contribution is 7.99. The van der Waals surface area contributed by atoms with Gasteiger partial charge in [-0.05, 0) is 20.0 Å². The SMILES string of the molecule is CCN(CC)CCSc1nc(N)nc(C)c1[N+](=O)[O-]. The Kier molecular flexibility index (Phi) is 5.97. The van der Waals surface area contributed by atoms with Crippen LogP contribution in [0.3, 0.4) is 0 Å². The molecular weight excluding hydrogens is 266 g/mol. The van der Waals surface area contributed by atoms with E-state index in [-0.39, 0.29) is 11.6 Å². The second kappa shape index (κ2) is 7.25. The van der Waals surface area contributed by atoms with Crippen molar-refractivity contribution in [3.8, 4) is 0 Å². The molecule has 1 aromatic heterocycles. The molecular formula is C11H19N5O2S. The Morgan fingerprint density at radius 3 is 2.53 bits per heavy atom. The van der Waals surface area contributed by atoms with E-state index in [0.29, 0.717) is 10.7 Å². The quantitative estimate of drug-likeness (QED) is 0.352. The lowest BCUT2D eigenvalue weighted by Gasteiger charge is -2.17. The highest BCUT2D eigenvalue weighted by atomic mass is 32.2. The standard InChI is InChI=1S/C11H19N5O2S/c1-4-15(5-2)6-7-19-10-9(16(17)18)8(3)13-11(12)14-10/h4-7H2,1-3H3,(H2,12,13,14). The van der Waals surface area contributed by atoms with Gasteiger partial charge in [0, 0.05) is 12.3 Å². The van der Waals surface area contributed by atoms with Crippen molar-refractivity contribution in [1.82, 2.24) is 14.9 Å². The summed E-state index contributed by atoms with van der Waals surface area (Å²) in [6, 6.07) is 0. The first kappa shape index (κ1) is 15.6. The minimum atomic E-state index is -0.450. The largest absolute Gasteiger partial charge is 0.368 e. The average molecular weight is 285 g/mol. The number of hydrogen-bond acceptors (Lipinski definition) is 7.